The molecule has 2 unspecified atom stereocenters. The summed E-state index contributed by atoms with van der Waals surface area (Å²) in [6, 6.07) is 16.2. The van der Waals surface area contributed by atoms with Gasteiger partial charge in [0.2, 0.25) is 0 Å². The molecule has 0 heterocycles. The maximum absolute atomic E-state index is 13.0. The van der Waals surface area contributed by atoms with Crippen molar-refractivity contribution < 1.29 is 9.53 Å². The van der Waals surface area contributed by atoms with E-state index in [1.807, 2.05) is 30.3 Å². The van der Waals surface area contributed by atoms with E-state index >= 15 is 0 Å². The van der Waals surface area contributed by atoms with Crippen LogP contribution < -0.4 is 4.74 Å². The zero-order valence-corrected chi connectivity index (χ0v) is 15.7. The van der Waals surface area contributed by atoms with Crippen molar-refractivity contribution in [1.29, 1.82) is 0 Å². The number of rotatable bonds is 6. The van der Waals surface area contributed by atoms with Gasteiger partial charge in [0.05, 0.1) is 6.04 Å². The molecular weight excluding hydrogens is 322 g/mol. The fourth-order valence-corrected chi connectivity index (χ4v) is 3.97. The van der Waals surface area contributed by atoms with Crippen LogP contribution in [-0.2, 0) is 6.61 Å². The van der Waals surface area contributed by atoms with Gasteiger partial charge in [0.25, 0.3) is 0 Å². The molecular formula is C23H27NO2. The molecule has 136 valence electrons. The van der Waals surface area contributed by atoms with E-state index in [1.165, 1.54) is 12.8 Å². The van der Waals surface area contributed by atoms with Gasteiger partial charge in [-0.3, -0.25) is 9.69 Å². The Bertz CT molecular complexity index is 782. The number of ether oxygens (including phenoxy) is 1. The van der Waals surface area contributed by atoms with E-state index in [1.54, 1.807) is 0 Å². The lowest BCUT2D eigenvalue weighted by Crippen LogP contribution is -2.43. The van der Waals surface area contributed by atoms with E-state index in [-0.39, 0.29) is 11.8 Å². The van der Waals surface area contributed by atoms with Crippen LogP contribution in [0.5, 0.6) is 5.75 Å². The zero-order chi connectivity index (χ0) is 18.1. The molecule has 0 amide bonds. The molecule has 1 fully saturated rings. The summed E-state index contributed by atoms with van der Waals surface area (Å²) in [4.78, 5) is 15.3. The van der Waals surface area contributed by atoms with Crippen molar-refractivity contribution in [2.24, 2.45) is 5.92 Å². The molecule has 1 saturated carbocycles. The van der Waals surface area contributed by atoms with Crippen LogP contribution in [0.2, 0.25) is 0 Å². The Morgan fingerprint density at radius 3 is 2.62 bits per heavy atom. The van der Waals surface area contributed by atoms with Crippen LogP contribution in [-0.4, -0.2) is 30.3 Å². The van der Waals surface area contributed by atoms with E-state index < -0.39 is 0 Å². The number of ketones is 1. The van der Waals surface area contributed by atoms with Gasteiger partial charge in [-0.1, -0.05) is 37.3 Å². The molecule has 2 aliphatic carbocycles. The summed E-state index contributed by atoms with van der Waals surface area (Å²) in [6.45, 7) is 3.83. The maximum Gasteiger partial charge on any atom is 0.180 e. The molecule has 2 atom stereocenters. The second-order valence-corrected chi connectivity index (χ2v) is 7.92. The van der Waals surface area contributed by atoms with Crippen LogP contribution >= 0.6 is 0 Å². The molecule has 2 aliphatic rings. The minimum absolute atomic E-state index is 0.0224. The average Bonchev–Trinajstić information content (AvgIpc) is 3.47. The highest BCUT2D eigenvalue weighted by atomic mass is 16.5. The lowest BCUT2D eigenvalue weighted by atomic mass is 9.79. The van der Waals surface area contributed by atoms with Gasteiger partial charge in [-0.2, -0.15) is 0 Å². The summed E-state index contributed by atoms with van der Waals surface area (Å²) in [7, 11) is 2.11. The van der Waals surface area contributed by atoms with Crippen LogP contribution in [0.4, 0.5) is 0 Å². The fraction of sp³-hybridized carbons (Fsp3) is 0.435. The molecule has 0 radical (unpaired) electrons. The molecule has 0 bridgehead atoms. The van der Waals surface area contributed by atoms with Gasteiger partial charge >= 0.3 is 0 Å². The highest BCUT2D eigenvalue weighted by Crippen LogP contribution is 2.37. The molecule has 0 spiro atoms. The number of benzene rings is 2. The summed E-state index contributed by atoms with van der Waals surface area (Å²) in [5, 5.41) is 0. The molecule has 0 N–H and O–H groups in total. The third-order valence-corrected chi connectivity index (χ3v) is 5.72. The van der Waals surface area contributed by atoms with Crippen molar-refractivity contribution in [3.05, 3.63) is 65.2 Å². The SMILES string of the molecule is CC1CC(N(C)CC2CC2)C(=O)c2ccc(OCc3ccccc3)cc21. The Morgan fingerprint density at radius 1 is 1.12 bits per heavy atom. The number of carbonyl (C=O) groups excluding carboxylic acids is 1. The van der Waals surface area contributed by atoms with Gasteiger partial charge < -0.3 is 4.74 Å². The standard InChI is InChI=1S/C23H27NO2/c1-16-12-22(24(2)14-17-8-9-17)23(25)20-11-10-19(13-21(16)20)26-15-18-6-4-3-5-7-18/h3-7,10-11,13,16-17,22H,8-9,12,14-15H2,1-2H3. The van der Waals surface area contributed by atoms with Gasteiger partial charge in [-0.05, 0) is 67.5 Å². The van der Waals surface area contributed by atoms with E-state index in [2.05, 4.69) is 37.1 Å². The van der Waals surface area contributed by atoms with Gasteiger partial charge in [-0.15, -0.1) is 0 Å². The number of Topliss-reactive ketones (excluding diaryl/α,β-unsaturated/α-hetero) is 1. The Balaban J connectivity index is 1.48. The maximum atomic E-state index is 13.0. The smallest absolute Gasteiger partial charge is 0.180 e. The van der Waals surface area contributed by atoms with Crippen molar-refractivity contribution >= 4 is 5.78 Å². The van der Waals surface area contributed by atoms with Crippen LogP contribution in [0.3, 0.4) is 0 Å². The number of likely N-dealkylation sites (N-methyl/N-ethyl adjacent to an activating group) is 1. The zero-order valence-electron chi connectivity index (χ0n) is 15.7. The molecule has 3 nitrogen and oxygen atoms in total. The summed E-state index contributed by atoms with van der Waals surface area (Å²) >= 11 is 0. The monoisotopic (exact) mass is 349 g/mol. The number of hydrogen-bond donors (Lipinski definition) is 0. The molecule has 0 aliphatic heterocycles. The average molecular weight is 349 g/mol. The predicted octanol–water partition coefficient (Wildman–Crippen LogP) is 4.67. The first-order valence-corrected chi connectivity index (χ1v) is 9.67. The lowest BCUT2D eigenvalue weighted by molar-refractivity contribution is 0.0808. The van der Waals surface area contributed by atoms with E-state index in [0.717, 1.165) is 41.3 Å². The normalized spacial score (nSPS) is 22.3. The number of carbonyl (C=O) groups is 1. The van der Waals surface area contributed by atoms with E-state index in [9.17, 15) is 4.79 Å². The van der Waals surface area contributed by atoms with Crippen LogP contribution in [0.25, 0.3) is 0 Å². The quantitative estimate of drug-likeness (QED) is 0.759. The summed E-state index contributed by atoms with van der Waals surface area (Å²) in [5.41, 5.74) is 3.16. The first-order chi connectivity index (χ1) is 12.6. The summed E-state index contributed by atoms with van der Waals surface area (Å²) in [5.74, 6) is 2.29. The Labute approximate surface area is 156 Å². The molecule has 0 saturated heterocycles. The highest BCUT2D eigenvalue weighted by Gasteiger charge is 2.36. The lowest BCUT2D eigenvalue weighted by Gasteiger charge is -2.34. The molecule has 4 rings (SSSR count). The third kappa shape index (κ3) is 3.68. The fourth-order valence-electron chi connectivity index (χ4n) is 3.97. The van der Waals surface area contributed by atoms with E-state index in [4.69, 9.17) is 4.74 Å². The number of nitrogens with zero attached hydrogens (tertiary/aromatic N) is 1. The van der Waals surface area contributed by atoms with Crippen molar-refractivity contribution in [2.45, 2.75) is 44.8 Å². The second kappa shape index (κ2) is 7.24. The molecule has 2 aromatic carbocycles. The Morgan fingerprint density at radius 2 is 1.88 bits per heavy atom. The van der Waals surface area contributed by atoms with Crippen molar-refractivity contribution in [2.75, 3.05) is 13.6 Å². The first-order valence-electron chi connectivity index (χ1n) is 9.67. The second-order valence-electron chi connectivity index (χ2n) is 7.92. The molecule has 26 heavy (non-hydrogen) atoms. The molecule has 3 heteroatoms. The Hall–Kier alpha value is -2.13. The van der Waals surface area contributed by atoms with Crippen molar-refractivity contribution in [3.63, 3.8) is 0 Å². The summed E-state index contributed by atoms with van der Waals surface area (Å²) in [6.07, 6.45) is 3.54. The minimum Gasteiger partial charge on any atom is -0.489 e. The number of hydrogen-bond acceptors (Lipinski definition) is 3. The van der Waals surface area contributed by atoms with Gasteiger partial charge in [0, 0.05) is 12.1 Å². The highest BCUT2D eigenvalue weighted by molar-refractivity contribution is 6.02. The van der Waals surface area contributed by atoms with Crippen LogP contribution in [0.1, 0.15) is 53.6 Å². The van der Waals surface area contributed by atoms with Gasteiger partial charge in [0.1, 0.15) is 12.4 Å². The summed E-state index contributed by atoms with van der Waals surface area (Å²) < 4.78 is 5.96. The van der Waals surface area contributed by atoms with Crippen LogP contribution in [0.15, 0.2) is 48.5 Å². The minimum atomic E-state index is 0.0224. The third-order valence-electron chi connectivity index (χ3n) is 5.72. The predicted molar refractivity (Wildman–Crippen MR) is 104 cm³/mol. The Kier molecular flexibility index (Phi) is 4.82. The van der Waals surface area contributed by atoms with Gasteiger partial charge in [-0.25, -0.2) is 0 Å². The number of fused-ring (bicyclic) bond motifs is 1. The van der Waals surface area contributed by atoms with E-state index in [0.29, 0.717) is 12.5 Å². The van der Waals surface area contributed by atoms with Crippen molar-refractivity contribution in [1.82, 2.24) is 4.90 Å². The first kappa shape index (κ1) is 17.3. The van der Waals surface area contributed by atoms with Crippen LogP contribution in [0, 0.1) is 5.92 Å². The molecule has 2 aromatic rings. The van der Waals surface area contributed by atoms with Crippen molar-refractivity contribution in [3.8, 4) is 5.75 Å². The largest absolute Gasteiger partial charge is 0.489 e. The topological polar surface area (TPSA) is 29.5 Å². The van der Waals surface area contributed by atoms with Gasteiger partial charge in [0.15, 0.2) is 5.78 Å². The molecule has 0 aromatic heterocycles.